The number of rotatable bonds is 6. The molecule has 0 aliphatic rings. The van der Waals surface area contributed by atoms with Crippen molar-refractivity contribution in [1.82, 2.24) is 0 Å². The summed E-state index contributed by atoms with van der Waals surface area (Å²) < 4.78 is 31.1. The standard InChI is InChI=1S/C10H15F2NO/c1-4-7-8(14-6-3)9(13)10(11,12)5-2/h4-5,7,9H,1-2,6,13H2,3H3/b8-7-. The normalized spacial score (nSPS) is 14.7. The van der Waals surface area contributed by atoms with Gasteiger partial charge in [0.2, 0.25) is 0 Å². The van der Waals surface area contributed by atoms with Gasteiger partial charge in [-0.3, -0.25) is 0 Å². The van der Waals surface area contributed by atoms with Crippen LogP contribution in [-0.4, -0.2) is 18.6 Å². The van der Waals surface area contributed by atoms with E-state index >= 15 is 0 Å². The minimum absolute atomic E-state index is 0.00685. The summed E-state index contributed by atoms with van der Waals surface area (Å²) in [6.45, 7) is 8.38. The minimum atomic E-state index is -3.18. The second kappa shape index (κ2) is 5.54. The lowest BCUT2D eigenvalue weighted by Crippen LogP contribution is -2.41. The average Bonchev–Trinajstić information content (AvgIpc) is 2.16. The van der Waals surface area contributed by atoms with E-state index in [-0.39, 0.29) is 12.4 Å². The van der Waals surface area contributed by atoms with E-state index in [2.05, 4.69) is 13.2 Å². The first-order chi connectivity index (χ1) is 6.49. The van der Waals surface area contributed by atoms with Crippen molar-refractivity contribution in [3.63, 3.8) is 0 Å². The average molecular weight is 203 g/mol. The van der Waals surface area contributed by atoms with Crippen LogP contribution in [0.25, 0.3) is 0 Å². The molecule has 0 fully saturated rings. The lowest BCUT2D eigenvalue weighted by atomic mass is 10.1. The maximum absolute atomic E-state index is 13.0. The van der Waals surface area contributed by atoms with E-state index in [4.69, 9.17) is 10.5 Å². The number of alkyl halides is 2. The fraction of sp³-hybridized carbons (Fsp3) is 0.400. The molecule has 1 atom stereocenters. The van der Waals surface area contributed by atoms with Crippen LogP contribution in [0.4, 0.5) is 8.78 Å². The Labute approximate surface area is 82.7 Å². The van der Waals surface area contributed by atoms with Gasteiger partial charge in [0, 0.05) is 0 Å². The number of hydrogen-bond acceptors (Lipinski definition) is 2. The summed E-state index contributed by atoms with van der Waals surface area (Å²) in [6, 6.07) is -1.52. The number of hydrogen-bond donors (Lipinski definition) is 1. The number of ether oxygens (including phenoxy) is 1. The van der Waals surface area contributed by atoms with Crippen LogP contribution in [0.3, 0.4) is 0 Å². The Balaban J connectivity index is 4.75. The summed E-state index contributed by atoms with van der Waals surface area (Å²) >= 11 is 0. The maximum Gasteiger partial charge on any atom is 0.288 e. The highest BCUT2D eigenvalue weighted by Crippen LogP contribution is 2.23. The summed E-state index contributed by atoms with van der Waals surface area (Å²) in [4.78, 5) is 0. The molecule has 0 rings (SSSR count). The smallest absolute Gasteiger partial charge is 0.288 e. The fourth-order valence-corrected chi connectivity index (χ4v) is 0.841. The van der Waals surface area contributed by atoms with Gasteiger partial charge in [-0.15, -0.1) is 0 Å². The first-order valence-electron chi connectivity index (χ1n) is 4.22. The third-order valence-electron chi connectivity index (χ3n) is 1.59. The number of nitrogens with two attached hydrogens (primary N) is 1. The maximum atomic E-state index is 13.0. The van der Waals surface area contributed by atoms with Crippen LogP contribution >= 0.6 is 0 Å². The zero-order valence-corrected chi connectivity index (χ0v) is 8.17. The molecule has 0 amide bonds. The van der Waals surface area contributed by atoms with E-state index in [0.717, 1.165) is 0 Å². The molecule has 4 heteroatoms. The van der Waals surface area contributed by atoms with Crippen molar-refractivity contribution in [2.24, 2.45) is 5.73 Å². The highest BCUT2D eigenvalue weighted by atomic mass is 19.3. The Morgan fingerprint density at radius 1 is 1.57 bits per heavy atom. The van der Waals surface area contributed by atoms with Gasteiger partial charge in [0.25, 0.3) is 5.92 Å². The van der Waals surface area contributed by atoms with Crippen LogP contribution < -0.4 is 5.73 Å². The van der Waals surface area contributed by atoms with Crippen LogP contribution in [0.1, 0.15) is 6.92 Å². The zero-order chi connectivity index (χ0) is 11.2. The molecule has 0 aromatic heterocycles. The molecule has 2 nitrogen and oxygen atoms in total. The molecule has 0 aromatic rings. The first kappa shape index (κ1) is 12.8. The van der Waals surface area contributed by atoms with Gasteiger partial charge in [0.1, 0.15) is 11.8 Å². The molecular formula is C10H15F2NO. The summed E-state index contributed by atoms with van der Waals surface area (Å²) in [5.74, 6) is -3.17. The highest BCUT2D eigenvalue weighted by molar-refractivity contribution is 5.16. The molecular weight excluding hydrogens is 188 g/mol. The van der Waals surface area contributed by atoms with Crippen molar-refractivity contribution < 1.29 is 13.5 Å². The van der Waals surface area contributed by atoms with Gasteiger partial charge < -0.3 is 10.5 Å². The lowest BCUT2D eigenvalue weighted by Gasteiger charge is -2.22. The molecule has 0 radical (unpaired) electrons. The third-order valence-corrected chi connectivity index (χ3v) is 1.59. The zero-order valence-electron chi connectivity index (χ0n) is 8.17. The Morgan fingerprint density at radius 3 is 2.50 bits per heavy atom. The van der Waals surface area contributed by atoms with Crippen LogP contribution in [-0.2, 0) is 4.74 Å². The molecule has 2 N–H and O–H groups in total. The molecule has 0 bridgehead atoms. The molecule has 0 aliphatic heterocycles. The molecule has 0 heterocycles. The third kappa shape index (κ3) is 3.30. The van der Waals surface area contributed by atoms with Crippen molar-refractivity contribution in [3.8, 4) is 0 Å². The molecule has 0 saturated carbocycles. The van der Waals surface area contributed by atoms with Gasteiger partial charge >= 0.3 is 0 Å². The van der Waals surface area contributed by atoms with Crippen molar-refractivity contribution >= 4 is 0 Å². The van der Waals surface area contributed by atoms with Crippen LogP contribution in [0.15, 0.2) is 37.1 Å². The van der Waals surface area contributed by atoms with Crippen molar-refractivity contribution in [2.75, 3.05) is 6.61 Å². The molecule has 0 spiro atoms. The monoisotopic (exact) mass is 203 g/mol. The van der Waals surface area contributed by atoms with Crippen LogP contribution in [0.2, 0.25) is 0 Å². The summed E-state index contributed by atoms with van der Waals surface area (Å²) in [5, 5.41) is 0. The van der Waals surface area contributed by atoms with E-state index in [0.29, 0.717) is 6.08 Å². The van der Waals surface area contributed by atoms with E-state index < -0.39 is 12.0 Å². The van der Waals surface area contributed by atoms with E-state index in [1.807, 2.05) is 0 Å². The summed E-state index contributed by atoms with van der Waals surface area (Å²) in [5.41, 5.74) is 5.32. The van der Waals surface area contributed by atoms with E-state index in [9.17, 15) is 8.78 Å². The molecule has 14 heavy (non-hydrogen) atoms. The van der Waals surface area contributed by atoms with Gasteiger partial charge in [0.15, 0.2) is 0 Å². The van der Waals surface area contributed by atoms with Gasteiger partial charge in [-0.2, -0.15) is 8.78 Å². The van der Waals surface area contributed by atoms with Crippen molar-refractivity contribution in [3.05, 3.63) is 37.1 Å². The van der Waals surface area contributed by atoms with Gasteiger partial charge in [-0.1, -0.05) is 19.2 Å². The lowest BCUT2D eigenvalue weighted by molar-refractivity contribution is 0.0175. The minimum Gasteiger partial charge on any atom is -0.496 e. The molecule has 0 aromatic carbocycles. The topological polar surface area (TPSA) is 35.2 Å². The predicted octanol–water partition coefficient (Wildman–Crippen LogP) is 2.24. The second-order valence-corrected chi connectivity index (χ2v) is 2.59. The SMILES string of the molecule is C=C/C=C(\OCC)C(N)C(F)(F)C=C. The van der Waals surface area contributed by atoms with Crippen molar-refractivity contribution in [2.45, 2.75) is 18.9 Å². The molecule has 0 aliphatic carbocycles. The van der Waals surface area contributed by atoms with Crippen LogP contribution in [0.5, 0.6) is 0 Å². The van der Waals surface area contributed by atoms with E-state index in [1.54, 1.807) is 6.92 Å². The fourth-order valence-electron chi connectivity index (χ4n) is 0.841. The number of halogens is 2. The Morgan fingerprint density at radius 2 is 2.14 bits per heavy atom. The Hall–Kier alpha value is -1.16. The molecule has 80 valence electrons. The predicted molar refractivity (Wildman–Crippen MR) is 53.0 cm³/mol. The van der Waals surface area contributed by atoms with Gasteiger partial charge in [0.05, 0.1) is 6.61 Å². The van der Waals surface area contributed by atoms with E-state index in [1.165, 1.54) is 12.2 Å². The second-order valence-electron chi connectivity index (χ2n) is 2.59. The van der Waals surface area contributed by atoms with Gasteiger partial charge in [-0.25, -0.2) is 0 Å². The highest BCUT2D eigenvalue weighted by Gasteiger charge is 2.36. The quantitative estimate of drug-likeness (QED) is 0.408. The first-order valence-corrected chi connectivity index (χ1v) is 4.22. The summed E-state index contributed by atoms with van der Waals surface area (Å²) in [7, 11) is 0. The Bertz CT molecular complexity index is 236. The molecule has 0 saturated heterocycles. The number of allylic oxidation sites excluding steroid dienone is 2. The largest absolute Gasteiger partial charge is 0.496 e. The van der Waals surface area contributed by atoms with Crippen LogP contribution in [0, 0.1) is 0 Å². The molecule has 1 unspecified atom stereocenters. The Kier molecular flexibility index (Phi) is 5.09. The van der Waals surface area contributed by atoms with Crippen molar-refractivity contribution in [1.29, 1.82) is 0 Å². The summed E-state index contributed by atoms with van der Waals surface area (Å²) in [6.07, 6.45) is 3.18. The van der Waals surface area contributed by atoms with Gasteiger partial charge in [-0.05, 0) is 19.1 Å².